The summed E-state index contributed by atoms with van der Waals surface area (Å²) in [6, 6.07) is 5.99. The third-order valence-electron chi connectivity index (χ3n) is 4.36. The largest absolute Gasteiger partial charge is 0.398 e. The third-order valence-corrected chi connectivity index (χ3v) is 4.36. The van der Waals surface area contributed by atoms with Gasteiger partial charge in [-0.1, -0.05) is 30.9 Å². The molecule has 0 aliphatic heterocycles. The molecule has 0 atom stereocenters. The van der Waals surface area contributed by atoms with Crippen LogP contribution in [0.15, 0.2) is 18.2 Å². The highest BCUT2D eigenvalue weighted by atomic mass is 15.6. The molecule has 3 rings (SSSR count). The average molecular weight is 271 g/mol. The zero-order valence-electron chi connectivity index (χ0n) is 12.1. The fourth-order valence-electron chi connectivity index (χ4n) is 3.11. The Morgan fingerprint density at radius 1 is 1.20 bits per heavy atom. The Balaban J connectivity index is 2.08. The summed E-state index contributed by atoms with van der Waals surface area (Å²) in [5.74, 6) is 0.788. The lowest BCUT2D eigenvalue weighted by Crippen LogP contribution is -2.34. The van der Waals surface area contributed by atoms with E-state index in [1.165, 1.54) is 19.3 Å². The van der Waals surface area contributed by atoms with Gasteiger partial charge in [0.05, 0.1) is 5.54 Å². The van der Waals surface area contributed by atoms with E-state index in [4.69, 9.17) is 5.73 Å². The van der Waals surface area contributed by atoms with E-state index in [0.29, 0.717) is 0 Å². The van der Waals surface area contributed by atoms with Crippen molar-refractivity contribution < 1.29 is 0 Å². The molecule has 0 amide bonds. The minimum atomic E-state index is 0.00721. The number of aromatic nitrogens is 4. The van der Waals surface area contributed by atoms with Crippen LogP contribution in [-0.4, -0.2) is 20.2 Å². The van der Waals surface area contributed by atoms with Crippen molar-refractivity contribution in [2.75, 3.05) is 5.73 Å². The highest BCUT2D eigenvalue weighted by Gasteiger charge is 2.33. The first-order valence-corrected chi connectivity index (χ1v) is 7.25. The summed E-state index contributed by atoms with van der Waals surface area (Å²) in [6.45, 7) is 4.30. The second-order valence-corrected chi connectivity index (χ2v) is 6.06. The summed E-state index contributed by atoms with van der Waals surface area (Å²) in [5, 5.41) is 12.4. The molecule has 1 heterocycles. The van der Waals surface area contributed by atoms with Gasteiger partial charge < -0.3 is 5.73 Å². The van der Waals surface area contributed by atoms with Crippen LogP contribution < -0.4 is 5.73 Å². The van der Waals surface area contributed by atoms with Crippen LogP contribution in [0.4, 0.5) is 5.69 Å². The molecule has 0 unspecified atom stereocenters. The van der Waals surface area contributed by atoms with Gasteiger partial charge in [0.1, 0.15) is 0 Å². The van der Waals surface area contributed by atoms with Gasteiger partial charge in [-0.15, -0.1) is 5.10 Å². The van der Waals surface area contributed by atoms with Crippen molar-refractivity contribution >= 4 is 5.69 Å². The quantitative estimate of drug-likeness (QED) is 0.853. The fraction of sp³-hybridized carbons (Fsp3) is 0.533. The Labute approximate surface area is 119 Å². The number of aryl methyl sites for hydroxylation is 1. The van der Waals surface area contributed by atoms with Crippen LogP contribution in [0.2, 0.25) is 0 Å². The van der Waals surface area contributed by atoms with E-state index in [0.717, 1.165) is 35.5 Å². The van der Waals surface area contributed by atoms with Crippen LogP contribution in [0.3, 0.4) is 0 Å². The van der Waals surface area contributed by atoms with Gasteiger partial charge in [0, 0.05) is 11.3 Å². The molecule has 1 fully saturated rings. The van der Waals surface area contributed by atoms with E-state index in [9.17, 15) is 0 Å². The molecule has 0 saturated heterocycles. The number of tetrazole rings is 1. The molecule has 5 heteroatoms. The van der Waals surface area contributed by atoms with E-state index in [1.54, 1.807) is 0 Å². The second-order valence-electron chi connectivity index (χ2n) is 6.06. The number of nitrogens with two attached hydrogens (primary N) is 1. The summed E-state index contributed by atoms with van der Waals surface area (Å²) >= 11 is 0. The maximum Gasteiger partial charge on any atom is 0.184 e. The Bertz CT molecular complexity index is 610. The molecule has 0 radical (unpaired) electrons. The Hall–Kier alpha value is -1.91. The van der Waals surface area contributed by atoms with Gasteiger partial charge in [0.25, 0.3) is 0 Å². The Morgan fingerprint density at radius 3 is 2.70 bits per heavy atom. The zero-order valence-corrected chi connectivity index (χ0v) is 12.1. The molecule has 1 aliphatic carbocycles. The molecular formula is C15H21N5. The lowest BCUT2D eigenvalue weighted by atomic mass is 9.83. The van der Waals surface area contributed by atoms with E-state index < -0.39 is 0 Å². The molecule has 1 aromatic carbocycles. The lowest BCUT2D eigenvalue weighted by Gasteiger charge is -2.34. The number of benzene rings is 1. The number of rotatable bonds is 2. The molecule has 0 spiro atoms. The van der Waals surface area contributed by atoms with Crippen LogP contribution in [0.25, 0.3) is 11.4 Å². The predicted octanol–water partition coefficient (Wildman–Crippen LogP) is 2.91. The second kappa shape index (κ2) is 4.89. The molecule has 106 valence electrons. The number of hydrogen-bond acceptors (Lipinski definition) is 4. The molecule has 2 aromatic rings. The molecule has 5 nitrogen and oxygen atoms in total. The van der Waals surface area contributed by atoms with E-state index in [1.807, 2.05) is 16.8 Å². The molecule has 1 aliphatic rings. The topological polar surface area (TPSA) is 69.6 Å². The van der Waals surface area contributed by atoms with Crippen molar-refractivity contribution in [3.63, 3.8) is 0 Å². The maximum absolute atomic E-state index is 6.11. The summed E-state index contributed by atoms with van der Waals surface area (Å²) in [7, 11) is 0. The van der Waals surface area contributed by atoms with Crippen LogP contribution in [0.5, 0.6) is 0 Å². The maximum atomic E-state index is 6.11. The van der Waals surface area contributed by atoms with Gasteiger partial charge in [0.15, 0.2) is 5.82 Å². The van der Waals surface area contributed by atoms with Gasteiger partial charge in [0.2, 0.25) is 0 Å². The van der Waals surface area contributed by atoms with Crippen molar-refractivity contribution in [1.29, 1.82) is 0 Å². The first-order valence-electron chi connectivity index (χ1n) is 7.25. The molecule has 2 N–H and O–H groups in total. The van der Waals surface area contributed by atoms with E-state index in [2.05, 4.69) is 35.4 Å². The monoisotopic (exact) mass is 271 g/mol. The van der Waals surface area contributed by atoms with Crippen LogP contribution >= 0.6 is 0 Å². The molecule has 1 aromatic heterocycles. The highest BCUT2D eigenvalue weighted by Crippen LogP contribution is 2.37. The molecule has 20 heavy (non-hydrogen) atoms. The highest BCUT2D eigenvalue weighted by molar-refractivity contribution is 5.72. The molecule has 0 bridgehead atoms. The van der Waals surface area contributed by atoms with Gasteiger partial charge in [-0.2, -0.15) is 0 Å². The van der Waals surface area contributed by atoms with Gasteiger partial charge in [-0.3, -0.25) is 0 Å². The first-order chi connectivity index (χ1) is 9.60. The van der Waals surface area contributed by atoms with Crippen molar-refractivity contribution in [1.82, 2.24) is 20.2 Å². The first kappa shape index (κ1) is 13.1. The van der Waals surface area contributed by atoms with Crippen molar-refractivity contribution in [2.24, 2.45) is 0 Å². The smallest absolute Gasteiger partial charge is 0.184 e. The number of hydrogen-bond donors (Lipinski definition) is 1. The van der Waals surface area contributed by atoms with Gasteiger partial charge in [-0.05, 0) is 49.2 Å². The SMILES string of the molecule is Cc1ccc(N)c(-c2nnnn2C2(C)CCCCC2)c1. The summed E-state index contributed by atoms with van der Waals surface area (Å²) < 4.78 is 1.98. The zero-order chi connectivity index (χ0) is 14.2. The summed E-state index contributed by atoms with van der Waals surface area (Å²) in [6.07, 6.45) is 6.02. The Kier molecular flexibility index (Phi) is 3.20. The van der Waals surface area contributed by atoms with Crippen LogP contribution in [-0.2, 0) is 5.54 Å². The van der Waals surface area contributed by atoms with Gasteiger partial charge >= 0.3 is 0 Å². The van der Waals surface area contributed by atoms with Crippen molar-refractivity contribution in [2.45, 2.75) is 51.5 Å². The third kappa shape index (κ3) is 2.17. The molecule has 1 saturated carbocycles. The molecular weight excluding hydrogens is 250 g/mol. The van der Waals surface area contributed by atoms with Crippen molar-refractivity contribution in [3.05, 3.63) is 23.8 Å². The van der Waals surface area contributed by atoms with Crippen LogP contribution in [0.1, 0.15) is 44.6 Å². The predicted molar refractivity (Wildman–Crippen MR) is 79.1 cm³/mol. The van der Waals surface area contributed by atoms with Gasteiger partial charge in [-0.25, -0.2) is 4.68 Å². The van der Waals surface area contributed by atoms with Crippen LogP contribution in [0, 0.1) is 6.92 Å². The average Bonchev–Trinajstić information content (AvgIpc) is 2.92. The van der Waals surface area contributed by atoms with Crippen molar-refractivity contribution in [3.8, 4) is 11.4 Å². The Morgan fingerprint density at radius 2 is 1.95 bits per heavy atom. The number of nitrogens with zero attached hydrogens (tertiary/aromatic N) is 4. The number of anilines is 1. The summed E-state index contributed by atoms with van der Waals surface area (Å²) in [4.78, 5) is 0. The minimum Gasteiger partial charge on any atom is -0.398 e. The van der Waals surface area contributed by atoms with E-state index >= 15 is 0 Å². The number of nitrogen functional groups attached to an aromatic ring is 1. The minimum absolute atomic E-state index is 0.00721. The summed E-state index contributed by atoms with van der Waals surface area (Å²) in [5.41, 5.74) is 8.94. The normalized spacial score (nSPS) is 18.1. The van der Waals surface area contributed by atoms with E-state index in [-0.39, 0.29) is 5.54 Å². The fourth-order valence-corrected chi connectivity index (χ4v) is 3.11. The lowest BCUT2D eigenvalue weighted by molar-refractivity contribution is 0.197. The standard InChI is InChI=1S/C15H21N5/c1-11-6-7-13(16)12(10-11)14-17-18-19-20(14)15(2)8-4-3-5-9-15/h6-7,10H,3-5,8-9,16H2,1-2H3.